The highest BCUT2D eigenvalue weighted by atomic mass is 16.6. The van der Waals surface area contributed by atoms with E-state index in [1.807, 2.05) is 13.8 Å². The minimum absolute atomic E-state index is 0.0964. The summed E-state index contributed by atoms with van der Waals surface area (Å²) >= 11 is 0. The first-order valence-electron chi connectivity index (χ1n) is 4.92. The molecular formula is C10H18O4. The SMILES string of the molecule is COC1C(OC)[C@@]2(C)O[C@]1(C)C[C@@H]2O. The summed E-state index contributed by atoms with van der Waals surface area (Å²) in [5, 5.41) is 9.90. The van der Waals surface area contributed by atoms with Crippen LogP contribution in [0.1, 0.15) is 20.3 Å². The summed E-state index contributed by atoms with van der Waals surface area (Å²) in [7, 11) is 3.28. The van der Waals surface area contributed by atoms with Crippen molar-refractivity contribution in [3.8, 4) is 0 Å². The number of aliphatic hydroxyl groups is 1. The lowest BCUT2D eigenvalue weighted by molar-refractivity contribution is -0.117. The molecule has 2 saturated heterocycles. The summed E-state index contributed by atoms with van der Waals surface area (Å²) in [5.41, 5.74) is -1.03. The third-order valence-electron chi connectivity index (χ3n) is 3.66. The van der Waals surface area contributed by atoms with Gasteiger partial charge in [-0.15, -0.1) is 0 Å². The molecule has 0 aromatic rings. The van der Waals surface area contributed by atoms with Crippen molar-refractivity contribution in [3.63, 3.8) is 0 Å². The first-order valence-corrected chi connectivity index (χ1v) is 4.92. The van der Waals surface area contributed by atoms with E-state index in [1.54, 1.807) is 14.2 Å². The van der Waals surface area contributed by atoms with E-state index >= 15 is 0 Å². The van der Waals surface area contributed by atoms with Gasteiger partial charge < -0.3 is 19.3 Å². The standard InChI is InChI=1S/C10H18O4/c1-9-5-6(11)10(2,14-9)8(13-4)7(9)12-3/h6-8,11H,5H2,1-4H3/t6-,7?,8?,9+,10-/m0/s1. The number of methoxy groups -OCH3 is 2. The van der Waals surface area contributed by atoms with Gasteiger partial charge in [-0.05, 0) is 13.8 Å². The average molecular weight is 202 g/mol. The maximum atomic E-state index is 9.90. The Labute approximate surface area is 84.1 Å². The van der Waals surface area contributed by atoms with E-state index in [1.165, 1.54) is 0 Å². The Kier molecular flexibility index (Phi) is 2.16. The van der Waals surface area contributed by atoms with Gasteiger partial charge in [0, 0.05) is 20.6 Å². The van der Waals surface area contributed by atoms with Crippen molar-refractivity contribution in [2.75, 3.05) is 14.2 Å². The van der Waals surface area contributed by atoms with Crippen LogP contribution in [-0.4, -0.2) is 48.8 Å². The van der Waals surface area contributed by atoms with Crippen LogP contribution in [0.15, 0.2) is 0 Å². The summed E-state index contributed by atoms with van der Waals surface area (Å²) < 4.78 is 16.6. The first kappa shape index (κ1) is 10.4. The van der Waals surface area contributed by atoms with Crippen LogP contribution < -0.4 is 0 Å². The zero-order valence-electron chi connectivity index (χ0n) is 9.11. The second-order valence-electron chi connectivity index (χ2n) is 4.63. The predicted octanol–water partition coefficient (Wildman–Crippen LogP) is 0.329. The van der Waals surface area contributed by atoms with Gasteiger partial charge in [0.25, 0.3) is 0 Å². The fourth-order valence-corrected chi connectivity index (χ4v) is 2.97. The lowest BCUT2D eigenvalue weighted by Gasteiger charge is -2.37. The molecule has 0 saturated carbocycles. The number of fused-ring (bicyclic) bond motifs is 2. The monoisotopic (exact) mass is 202 g/mol. The van der Waals surface area contributed by atoms with E-state index in [2.05, 4.69) is 0 Å². The van der Waals surface area contributed by atoms with Gasteiger partial charge in [0.05, 0.1) is 11.7 Å². The second kappa shape index (κ2) is 2.92. The van der Waals surface area contributed by atoms with Gasteiger partial charge in [-0.2, -0.15) is 0 Å². The first-order chi connectivity index (χ1) is 6.48. The van der Waals surface area contributed by atoms with E-state index in [9.17, 15) is 5.11 Å². The van der Waals surface area contributed by atoms with E-state index in [-0.39, 0.29) is 12.2 Å². The fraction of sp³-hybridized carbons (Fsp3) is 1.00. The van der Waals surface area contributed by atoms with Crippen LogP contribution in [0.5, 0.6) is 0 Å². The molecule has 4 nitrogen and oxygen atoms in total. The molecule has 4 heteroatoms. The molecule has 0 aliphatic carbocycles. The average Bonchev–Trinajstić information content (AvgIpc) is 2.46. The van der Waals surface area contributed by atoms with Crippen LogP contribution in [0.25, 0.3) is 0 Å². The van der Waals surface area contributed by atoms with Gasteiger partial charge >= 0.3 is 0 Å². The Morgan fingerprint density at radius 1 is 1.21 bits per heavy atom. The van der Waals surface area contributed by atoms with E-state index in [4.69, 9.17) is 14.2 Å². The van der Waals surface area contributed by atoms with Gasteiger partial charge in [0.2, 0.25) is 0 Å². The molecule has 2 bridgehead atoms. The molecule has 2 unspecified atom stereocenters. The van der Waals surface area contributed by atoms with Crippen molar-refractivity contribution < 1.29 is 19.3 Å². The number of aliphatic hydroxyl groups excluding tert-OH is 1. The quantitative estimate of drug-likeness (QED) is 0.701. The van der Waals surface area contributed by atoms with Gasteiger partial charge in [-0.25, -0.2) is 0 Å². The summed E-state index contributed by atoms with van der Waals surface area (Å²) in [6, 6.07) is 0. The molecule has 5 atom stereocenters. The summed E-state index contributed by atoms with van der Waals surface area (Å²) in [6.45, 7) is 3.85. The maximum Gasteiger partial charge on any atom is 0.121 e. The Hall–Kier alpha value is -0.160. The van der Waals surface area contributed by atoms with E-state index in [0.29, 0.717) is 6.42 Å². The predicted molar refractivity (Wildman–Crippen MR) is 50.1 cm³/mol. The Balaban J connectivity index is 2.34. The lowest BCUT2D eigenvalue weighted by Crippen LogP contribution is -2.55. The van der Waals surface area contributed by atoms with Gasteiger partial charge in [-0.3, -0.25) is 0 Å². The Bertz CT molecular complexity index is 244. The molecule has 0 spiro atoms. The third kappa shape index (κ3) is 1.03. The molecule has 2 fully saturated rings. The smallest absolute Gasteiger partial charge is 0.121 e. The molecule has 0 amide bonds. The van der Waals surface area contributed by atoms with E-state index in [0.717, 1.165) is 0 Å². The van der Waals surface area contributed by atoms with Crippen LogP contribution in [-0.2, 0) is 14.2 Å². The topological polar surface area (TPSA) is 47.9 Å². The summed E-state index contributed by atoms with van der Waals surface area (Å²) in [6.07, 6.45) is -0.145. The van der Waals surface area contributed by atoms with Crippen LogP contribution >= 0.6 is 0 Å². The number of hydrogen-bond acceptors (Lipinski definition) is 4. The highest BCUT2D eigenvalue weighted by molar-refractivity contribution is 5.17. The molecule has 0 aromatic carbocycles. The highest BCUT2D eigenvalue weighted by Gasteiger charge is 2.68. The molecule has 2 rings (SSSR count). The zero-order valence-corrected chi connectivity index (χ0v) is 9.11. The molecule has 2 aliphatic heterocycles. The molecule has 82 valence electrons. The normalized spacial score (nSPS) is 56.8. The number of hydrogen-bond donors (Lipinski definition) is 1. The second-order valence-corrected chi connectivity index (χ2v) is 4.63. The van der Waals surface area contributed by atoms with E-state index < -0.39 is 17.3 Å². The lowest BCUT2D eigenvalue weighted by atomic mass is 9.77. The fourth-order valence-electron chi connectivity index (χ4n) is 2.97. The summed E-state index contributed by atoms with van der Waals surface area (Å²) in [4.78, 5) is 0. The Morgan fingerprint density at radius 3 is 2.29 bits per heavy atom. The maximum absolute atomic E-state index is 9.90. The van der Waals surface area contributed by atoms with Gasteiger partial charge in [0.1, 0.15) is 17.8 Å². The Morgan fingerprint density at radius 2 is 1.79 bits per heavy atom. The molecule has 0 radical (unpaired) electrons. The van der Waals surface area contributed by atoms with Crippen molar-refractivity contribution in [2.45, 2.75) is 49.8 Å². The molecular weight excluding hydrogens is 184 g/mol. The van der Waals surface area contributed by atoms with Gasteiger partial charge in [0.15, 0.2) is 0 Å². The third-order valence-corrected chi connectivity index (χ3v) is 3.66. The molecule has 1 N–H and O–H groups in total. The molecule has 2 heterocycles. The largest absolute Gasteiger partial charge is 0.390 e. The van der Waals surface area contributed by atoms with Gasteiger partial charge in [-0.1, -0.05) is 0 Å². The van der Waals surface area contributed by atoms with Crippen molar-refractivity contribution in [2.24, 2.45) is 0 Å². The van der Waals surface area contributed by atoms with Crippen molar-refractivity contribution >= 4 is 0 Å². The van der Waals surface area contributed by atoms with Crippen molar-refractivity contribution in [1.82, 2.24) is 0 Å². The number of ether oxygens (including phenoxy) is 3. The van der Waals surface area contributed by atoms with Crippen LogP contribution in [0.4, 0.5) is 0 Å². The van der Waals surface area contributed by atoms with Crippen molar-refractivity contribution in [3.05, 3.63) is 0 Å². The highest BCUT2D eigenvalue weighted by Crippen LogP contribution is 2.52. The van der Waals surface area contributed by atoms with Crippen LogP contribution in [0.2, 0.25) is 0 Å². The van der Waals surface area contributed by atoms with Crippen LogP contribution in [0.3, 0.4) is 0 Å². The zero-order chi connectivity index (χ0) is 10.6. The molecule has 14 heavy (non-hydrogen) atoms. The van der Waals surface area contributed by atoms with Crippen LogP contribution in [0, 0.1) is 0 Å². The minimum atomic E-state index is -0.621. The van der Waals surface area contributed by atoms with Crippen molar-refractivity contribution in [1.29, 1.82) is 0 Å². The summed E-state index contributed by atoms with van der Waals surface area (Å²) in [5.74, 6) is 0. The number of rotatable bonds is 2. The molecule has 2 aliphatic rings. The molecule has 0 aromatic heterocycles. The minimum Gasteiger partial charge on any atom is -0.390 e.